The molecule has 180 valence electrons. The van der Waals surface area contributed by atoms with Gasteiger partial charge in [0.2, 0.25) is 5.95 Å². The molecule has 1 aromatic carbocycles. The fraction of sp³-hybridized carbons (Fsp3) is 0.440. The number of aromatic nitrogens is 4. The third kappa shape index (κ3) is 5.08. The lowest BCUT2D eigenvalue weighted by atomic mass is 10.1. The second-order valence-corrected chi connectivity index (χ2v) is 8.47. The van der Waals surface area contributed by atoms with Crippen molar-refractivity contribution in [1.29, 1.82) is 0 Å². The van der Waals surface area contributed by atoms with Crippen molar-refractivity contribution in [2.24, 2.45) is 0 Å². The monoisotopic (exact) mass is 482 g/mol. The topological polar surface area (TPSA) is 85.3 Å². The molecule has 3 aromatic rings. The van der Waals surface area contributed by atoms with Gasteiger partial charge in [0.25, 0.3) is 0 Å². The molecule has 0 spiro atoms. The van der Waals surface area contributed by atoms with Crippen molar-refractivity contribution < 1.29 is 9.47 Å². The van der Waals surface area contributed by atoms with Crippen LogP contribution in [0, 0.1) is 0 Å². The largest absolute Gasteiger partial charge is 0.497 e. The second-order valence-electron chi connectivity index (χ2n) is 8.07. The lowest BCUT2D eigenvalue weighted by molar-refractivity contribution is 0.0719. The summed E-state index contributed by atoms with van der Waals surface area (Å²) in [5, 5.41) is 4.23. The Hall–Kier alpha value is -2.97. The first-order valence-corrected chi connectivity index (χ1v) is 12.1. The maximum Gasteiger partial charge on any atom is 0.225 e. The molecule has 0 bridgehead atoms. The van der Waals surface area contributed by atoms with Crippen LogP contribution in [-0.2, 0) is 17.6 Å². The Morgan fingerprint density at radius 1 is 1.06 bits per heavy atom. The Morgan fingerprint density at radius 3 is 2.47 bits per heavy atom. The summed E-state index contributed by atoms with van der Waals surface area (Å²) in [5.74, 6) is 2.21. The van der Waals surface area contributed by atoms with E-state index in [0.717, 1.165) is 41.3 Å². The first-order valence-electron chi connectivity index (χ1n) is 11.7. The molecule has 2 atom stereocenters. The highest BCUT2D eigenvalue weighted by atomic mass is 35.5. The number of benzene rings is 1. The SMILES string of the molecule is CCOC1CN(c2ncccn2)CC1Nc1nc(CC)c(-c2ccc(OC)cc2Cl)nc1CC. The number of hydrogen-bond donors (Lipinski definition) is 1. The molecule has 1 N–H and O–H groups in total. The van der Waals surface area contributed by atoms with Crippen LogP contribution in [0.3, 0.4) is 0 Å². The summed E-state index contributed by atoms with van der Waals surface area (Å²) in [6.07, 6.45) is 4.97. The predicted octanol–water partition coefficient (Wildman–Crippen LogP) is 4.43. The summed E-state index contributed by atoms with van der Waals surface area (Å²) in [5.41, 5.74) is 3.45. The number of methoxy groups -OCH3 is 1. The van der Waals surface area contributed by atoms with Crippen molar-refractivity contribution >= 4 is 23.4 Å². The van der Waals surface area contributed by atoms with Gasteiger partial charge in [0, 0.05) is 37.7 Å². The van der Waals surface area contributed by atoms with E-state index in [4.69, 9.17) is 31.0 Å². The van der Waals surface area contributed by atoms with Gasteiger partial charge in [-0.25, -0.2) is 19.9 Å². The van der Waals surface area contributed by atoms with Crippen LogP contribution in [0.4, 0.5) is 11.8 Å². The van der Waals surface area contributed by atoms with E-state index in [0.29, 0.717) is 36.4 Å². The van der Waals surface area contributed by atoms with Gasteiger partial charge in [0.15, 0.2) is 0 Å². The standard InChI is InChI=1S/C25H31ClN6O2/c1-5-19-23(17-10-9-16(33-4)13-18(17)26)29-20(6-2)24(30-19)31-21-14-32(15-22(21)34-7-3)25-27-11-8-12-28-25/h8-13,21-22H,5-7,14-15H2,1-4H3,(H,30,31). The molecular formula is C25H31ClN6O2. The fourth-order valence-corrected chi connectivity index (χ4v) is 4.49. The lowest BCUT2D eigenvalue weighted by Crippen LogP contribution is -2.35. The van der Waals surface area contributed by atoms with Gasteiger partial charge in [0.05, 0.1) is 41.4 Å². The highest BCUT2D eigenvalue weighted by Gasteiger charge is 2.35. The minimum atomic E-state index is -0.0129. The van der Waals surface area contributed by atoms with Crippen molar-refractivity contribution in [2.75, 3.05) is 37.0 Å². The highest BCUT2D eigenvalue weighted by Crippen LogP contribution is 2.33. The summed E-state index contributed by atoms with van der Waals surface area (Å²) in [7, 11) is 1.63. The van der Waals surface area contributed by atoms with Crippen LogP contribution in [0.2, 0.25) is 5.02 Å². The first-order chi connectivity index (χ1) is 16.6. The highest BCUT2D eigenvalue weighted by molar-refractivity contribution is 6.33. The molecular weight excluding hydrogens is 452 g/mol. The van der Waals surface area contributed by atoms with Crippen LogP contribution < -0.4 is 15.0 Å². The van der Waals surface area contributed by atoms with Crippen LogP contribution in [0.5, 0.6) is 5.75 Å². The minimum absolute atomic E-state index is 0.0129. The molecule has 2 aromatic heterocycles. The minimum Gasteiger partial charge on any atom is -0.497 e. The molecule has 34 heavy (non-hydrogen) atoms. The van der Waals surface area contributed by atoms with Crippen molar-refractivity contribution in [2.45, 2.75) is 45.8 Å². The molecule has 0 aliphatic carbocycles. The molecule has 8 nitrogen and oxygen atoms in total. The molecule has 1 saturated heterocycles. The van der Waals surface area contributed by atoms with Crippen LogP contribution in [0.25, 0.3) is 11.3 Å². The fourth-order valence-electron chi connectivity index (χ4n) is 4.23. The first kappa shape index (κ1) is 24.2. The second kappa shape index (κ2) is 11.0. The van der Waals surface area contributed by atoms with Crippen molar-refractivity contribution in [3.05, 3.63) is 53.1 Å². The molecule has 9 heteroatoms. The molecule has 0 saturated carbocycles. The summed E-state index contributed by atoms with van der Waals surface area (Å²) >= 11 is 6.58. The van der Waals surface area contributed by atoms with Gasteiger partial charge in [-0.15, -0.1) is 0 Å². The van der Waals surface area contributed by atoms with E-state index in [1.807, 2.05) is 25.1 Å². The molecule has 0 radical (unpaired) electrons. The number of halogens is 1. The molecule has 0 amide bonds. The number of ether oxygens (including phenoxy) is 2. The molecule has 4 rings (SSSR count). The van der Waals surface area contributed by atoms with Crippen molar-refractivity contribution in [3.8, 4) is 17.0 Å². The van der Waals surface area contributed by atoms with Gasteiger partial charge in [0.1, 0.15) is 11.6 Å². The maximum absolute atomic E-state index is 6.58. The Bertz CT molecular complexity index is 1110. The lowest BCUT2D eigenvalue weighted by Gasteiger charge is -2.22. The Labute approximate surface area is 205 Å². The van der Waals surface area contributed by atoms with Gasteiger partial charge in [-0.3, -0.25) is 0 Å². The maximum atomic E-state index is 6.58. The molecule has 1 fully saturated rings. The quantitative estimate of drug-likeness (QED) is 0.479. The zero-order chi connectivity index (χ0) is 24.1. The third-order valence-corrected chi connectivity index (χ3v) is 6.26. The van der Waals surface area contributed by atoms with Gasteiger partial charge < -0.3 is 19.7 Å². The molecule has 1 aliphatic rings. The molecule has 3 heterocycles. The van der Waals surface area contributed by atoms with Gasteiger partial charge in [-0.05, 0) is 44.0 Å². The summed E-state index contributed by atoms with van der Waals surface area (Å²) in [6, 6.07) is 7.49. The van der Waals surface area contributed by atoms with Crippen LogP contribution in [0.1, 0.15) is 32.2 Å². The zero-order valence-corrected chi connectivity index (χ0v) is 20.8. The average Bonchev–Trinajstić information content (AvgIpc) is 3.26. The van der Waals surface area contributed by atoms with E-state index in [1.165, 1.54) is 0 Å². The number of rotatable bonds is 9. The Balaban J connectivity index is 1.65. The van der Waals surface area contributed by atoms with Crippen molar-refractivity contribution in [3.63, 3.8) is 0 Å². The normalized spacial score (nSPS) is 17.7. The van der Waals surface area contributed by atoms with E-state index in [9.17, 15) is 0 Å². The average molecular weight is 483 g/mol. The molecule has 2 unspecified atom stereocenters. The predicted molar refractivity (Wildman–Crippen MR) is 135 cm³/mol. The van der Waals surface area contributed by atoms with Gasteiger partial charge in [-0.2, -0.15) is 0 Å². The Kier molecular flexibility index (Phi) is 7.80. The summed E-state index contributed by atoms with van der Waals surface area (Å²) < 4.78 is 11.4. The van der Waals surface area contributed by atoms with Gasteiger partial charge in [-0.1, -0.05) is 25.4 Å². The van der Waals surface area contributed by atoms with Crippen LogP contribution in [0.15, 0.2) is 36.7 Å². The third-order valence-electron chi connectivity index (χ3n) is 5.95. The zero-order valence-electron chi connectivity index (χ0n) is 20.1. The number of hydrogen-bond acceptors (Lipinski definition) is 8. The van der Waals surface area contributed by atoms with E-state index in [2.05, 4.69) is 34.0 Å². The van der Waals surface area contributed by atoms with Crippen LogP contribution >= 0.6 is 11.6 Å². The van der Waals surface area contributed by atoms with Crippen LogP contribution in [-0.4, -0.2) is 58.9 Å². The number of nitrogens with zero attached hydrogens (tertiary/aromatic N) is 5. The number of anilines is 2. The summed E-state index contributed by atoms with van der Waals surface area (Å²) in [6.45, 7) is 8.23. The van der Waals surface area contributed by atoms with Gasteiger partial charge >= 0.3 is 0 Å². The number of nitrogens with one attached hydrogen (secondary N) is 1. The summed E-state index contributed by atoms with van der Waals surface area (Å²) in [4.78, 5) is 21.0. The van der Waals surface area contributed by atoms with Crippen molar-refractivity contribution in [1.82, 2.24) is 19.9 Å². The Morgan fingerprint density at radius 2 is 1.82 bits per heavy atom. The number of aryl methyl sites for hydroxylation is 2. The molecule has 1 aliphatic heterocycles. The van der Waals surface area contributed by atoms with E-state index in [1.54, 1.807) is 25.6 Å². The van der Waals surface area contributed by atoms with E-state index in [-0.39, 0.29) is 12.1 Å². The van der Waals surface area contributed by atoms with E-state index >= 15 is 0 Å². The van der Waals surface area contributed by atoms with E-state index < -0.39 is 0 Å². The smallest absolute Gasteiger partial charge is 0.225 e.